The van der Waals surface area contributed by atoms with Gasteiger partial charge in [0.15, 0.2) is 0 Å². The normalized spacial score (nSPS) is 13.0. The molecule has 0 spiro atoms. The lowest BCUT2D eigenvalue weighted by Crippen LogP contribution is -2.60. The molecule has 2 rings (SSSR count). The first-order valence-corrected chi connectivity index (χ1v) is 15.3. The summed E-state index contributed by atoms with van der Waals surface area (Å²) in [5.41, 5.74) is 1.54. The van der Waals surface area contributed by atoms with Gasteiger partial charge in [0.05, 0.1) is 0 Å². The van der Waals surface area contributed by atoms with Crippen molar-refractivity contribution in [3.05, 3.63) is 48.5 Å². The van der Waals surface area contributed by atoms with Crippen molar-refractivity contribution in [2.24, 2.45) is 0 Å². The van der Waals surface area contributed by atoms with Crippen molar-refractivity contribution in [3.8, 4) is 0 Å². The summed E-state index contributed by atoms with van der Waals surface area (Å²) in [6.45, 7) is 17.4. The molecule has 0 nitrogen and oxygen atoms in total. The second-order valence-electron chi connectivity index (χ2n) is 8.80. The van der Waals surface area contributed by atoms with Crippen LogP contribution in [0, 0.1) is 0 Å². The summed E-state index contributed by atoms with van der Waals surface area (Å²) < 4.78 is 32.7. The van der Waals surface area contributed by atoms with E-state index in [4.69, 9.17) is 0 Å². The highest BCUT2D eigenvalue weighted by Gasteiger charge is 2.46. The Kier molecular flexibility index (Phi) is 8.60. The van der Waals surface area contributed by atoms with Crippen LogP contribution in [-0.2, 0) is 0 Å². The summed E-state index contributed by atoms with van der Waals surface area (Å²) >= 11 is 0. The molecule has 0 amide bonds. The van der Waals surface area contributed by atoms with Crippen molar-refractivity contribution in [1.82, 2.24) is 0 Å². The molecule has 0 aliphatic heterocycles. The lowest BCUT2D eigenvalue weighted by molar-refractivity contribution is 0.655. The van der Waals surface area contributed by atoms with E-state index < -0.39 is 24.6 Å². The standard InChI is InChI=1S/C24H36F2P2Si/c1-17(2)27(18(3)4)21-13-9-11-15-23(21)29(25,26)24-16-12-10-14-22(24)28(19(5)6)20(7)8/h9-20H,1-8H3. The highest BCUT2D eigenvalue weighted by Crippen LogP contribution is 2.46. The molecule has 0 fully saturated rings. The topological polar surface area (TPSA) is 0 Å². The van der Waals surface area contributed by atoms with E-state index >= 15 is 8.22 Å². The van der Waals surface area contributed by atoms with Gasteiger partial charge in [-0.2, -0.15) is 0 Å². The molecular formula is C24H36F2P2Si. The average Bonchev–Trinajstić information content (AvgIpc) is 2.61. The Bertz CT molecular complexity index is 721. The molecule has 0 radical (unpaired) electrons. The molecule has 0 N–H and O–H groups in total. The van der Waals surface area contributed by atoms with Crippen LogP contribution in [0.1, 0.15) is 55.4 Å². The van der Waals surface area contributed by atoms with E-state index in [0.29, 0.717) is 33.0 Å². The second kappa shape index (κ2) is 10.1. The molecule has 2 aromatic rings. The number of hydrogen-bond donors (Lipinski definition) is 0. The fraction of sp³-hybridized carbons (Fsp3) is 0.500. The molecule has 0 saturated carbocycles. The lowest BCUT2D eigenvalue weighted by atomic mass is 10.3. The molecule has 0 saturated heterocycles. The molecular weight excluding hydrogens is 416 g/mol. The third-order valence-corrected chi connectivity index (χ3v) is 14.3. The van der Waals surface area contributed by atoms with E-state index in [0.717, 1.165) is 10.6 Å². The lowest BCUT2D eigenvalue weighted by Gasteiger charge is -2.32. The van der Waals surface area contributed by atoms with Crippen LogP contribution in [0.25, 0.3) is 0 Å². The van der Waals surface area contributed by atoms with Crippen molar-refractivity contribution in [2.45, 2.75) is 78.0 Å². The maximum Gasteiger partial charge on any atom is 0.488 e. The number of rotatable bonds is 8. The minimum Gasteiger partial charge on any atom is -0.259 e. The van der Waals surface area contributed by atoms with Crippen LogP contribution < -0.4 is 21.0 Å². The molecule has 0 aliphatic carbocycles. The Morgan fingerprint density at radius 1 is 0.552 bits per heavy atom. The van der Waals surface area contributed by atoms with Gasteiger partial charge in [0, 0.05) is 10.4 Å². The summed E-state index contributed by atoms with van der Waals surface area (Å²) in [5, 5.41) is 2.50. The summed E-state index contributed by atoms with van der Waals surface area (Å²) in [5.74, 6) is 0. The highest BCUT2D eigenvalue weighted by molar-refractivity contribution is 7.68. The molecule has 5 heteroatoms. The van der Waals surface area contributed by atoms with Crippen molar-refractivity contribution < 1.29 is 8.22 Å². The fourth-order valence-corrected chi connectivity index (χ4v) is 13.5. The molecule has 0 aliphatic rings. The Hall–Kier alpha value is -0.623. The zero-order valence-electron chi connectivity index (χ0n) is 19.1. The Morgan fingerprint density at radius 3 is 1.10 bits per heavy atom. The van der Waals surface area contributed by atoms with E-state index in [1.54, 1.807) is 24.3 Å². The molecule has 160 valence electrons. The van der Waals surface area contributed by atoms with Gasteiger partial charge in [-0.25, -0.2) is 0 Å². The first-order chi connectivity index (χ1) is 13.5. The highest BCUT2D eigenvalue weighted by atomic mass is 31.1. The van der Waals surface area contributed by atoms with Crippen LogP contribution in [0.2, 0.25) is 0 Å². The average molecular weight is 453 g/mol. The van der Waals surface area contributed by atoms with Gasteiger partial charge in [-0.1, -0.05) is 120 Å². The zero-order chi connectivity index (χ0) is 21.9. The maximum absolute atomic E-state index is 16.3. The van der Waals surface area contributed by atoms with Crippen molar-refractivity contribution in [2.75, 3.05) is 0 Å². The van der Waals surface area contributed by atoms with Crippen molar-refractivity contribution in [1.29, 1.82) is 0 Å². The van der Waals surface area contributed by atoms with Gasteiger partial charge in [0.1, 0.15) is 0 Å². The second-order valence-corrected chi connectivity index (χ2v) is 17.7. The van der Waals surface area contributed by atoms with E-state index in [1.807, 2.05) is 24.3 Å². The number of benzene rings is 2. The summed E-state index contributed by atoms with van der Waals surface area (Å²) in [4.78, 5) is 0. The smallest absolute Gasteiger partial charge is 0.259 e. The van der Waals surface area contributed by atoms with Gasteiger partial charge in [-0.3, -0.25) is 8.22 Å². The van der Waals surface area contributed by atoms with Gasteiger partial charge in [0.2, 0.25) is 0 Å². The molecule has 0 unspecified atom stereocenters. The van der Waals surface area contributed by atoms with Crippen LogP contribution in [0.15, 0.2) is 48.5 Å². The first-order valence-electron chi connectivity index (χ1n) is 10.6. The van der Waals surface area contributed by atoms with Crippen LogP contribution in [-0.4, -0.2) is 31.4 Å². The third kappa shape index (κ3) is 5.36. The quantitative estimate of drug-likeness (QED) is 0.261. The van der Waals surface area contributed by atoms with Gasteiger partial charge >= 0.3 is 8.74 Å². The van der Waals surface area contributed by atoms with E-state index in [-0.39, 0.29) is 0 Å². The van der Waals surface area contributed by atoms with Crippen molar-refractivity contribution >= 4 is 45.6 Å². The van der Waals surface area contributed by atoms with Gasteiger partial charge in [-0.05, 0) is 33.2 Å². The fourth-order valence-electron chi connectivity index (χ4n) is 4.38. The largest absolute Gasteiger partial charge is 0.488 e. The molecule has 0 atom stereocenters. The van der Waals surface area contributed by atoms with Gasteiger partial charge in [-0.15, -0.1) is 0 Å². The van der Waals surface area contributed by atoms with Crippen LogP contribution >= 0.6 is 15.8 Å². The summed E-state index contributed by atoms with van der Waals surface area (Å²) in [7, 11) is -6.10. The minimum atomic E-state index is -4.82. The van der Waals surface area contributed by atoms with Gasteiger partial charge < -0.3 is 0 Å². The summed E-state index contributed by atoms with van der Waals surface area (Å²) in [6, 6.07) is 14.8. The van der Waals surface area contributed by atoms with E-state index in [1.165, 1.54) is 0 Å². The third-order valence-electron chi connectivity index (χ3n) is 5.27. The Balaban J connectivity index is 2.70. The minimum absolute atomic E-state index is 0.337. The number of halogens is 2. The predicted molar refractivity (Wildman–Crippen MR) is 134 cm³/mol. The van der Waals surface area contributed by atoms with Crippen LogP contribution in [0.3, 0.4) is 0 Å². The Labute approximate surface area is 180 Å². The zero-order valence-corrected chi connectivity index (χ0v) is 21.9. The van der Waals surface area contributed by atoms with E-state index in [2.05, 4.69) is 55.4 Å². The molecule has 29 heavy (non-hydrogen) atoms. The summed E-state index contributed by atoms with van der Waals surface area (Å²) in [6.07, 6.45) is 0. The van der Waals surface area contributed by atoms with Crippen LogP contribution in [0.5, 0.6) is 0 Å². The predicted octanol–water partition coefficient (Wildman–Crippen LogP) is 6.03. The monoisotopic (exact) mass is 452 g/mol. The van der Waals surface area contributed by atoms with Crippen LogP contribution in [0.4, 0.5) is 8.22 Å². The molecule has 2 aromatic carbocycles. The first kappa shape index (κ1) is 24.6. The molecule has 0 aromatic heterocycles. The molecule has 0 heterocycles. The molecule has 0 bridgehead atoms. The number of hydrogen-bond acceptors (Lipinski definition) is 0. The maximum atomic E-state index is 16.3. The van der Waals surface area contributed by atoms with Crippen molar-refractivity contribution in [3.63, 3.8) is 0 Å². The van der Waals surface area contributed by atoms with Gasteiger partial charge in [0.25, 0.3) is 0 Å². The Morgan fingerprint density at radius 2 is 0.828 bits per heavy atom. The SMILES string of the molecule is CC(C)P(c1ccccc1[Si](F)(F)c1ccccc1P(C(C)C)C(C)C)C(C)C. The van der Waals surface area contributed by atoms with E-state index in [9.17, 15) is 0 Å².